The molecule has 88 valence electrons. The number of amides is 1. The molecule has 0 aromatic carbocycles. The zero-order valence-corrected chi connectivity index (χ0v) is 10.3. The highest BCUT2D eigenvalue weighted by Crippen LogP contribution is 2.23. The van der Waals surface area contributed by atoms with E-state index < -0.39 is 16.1 Å². The summed E-state index contributed by atoms with van der Waals surface area (Å²) in [5, 5.41) is 4.35. The maximum atomic E-state index is 12.2. The van der Waals surface area contributed by atoms with Gasteiger partial charge in [0.25, 0.3) is 10.0 Å². The first-order valence-electron chi connectivity index (χ1n) is 4.86. The maximum Gasteiger partial charge on any atom is 0.253 e. The largest absolute Gasteiger partial charge is 0.353 e. The van der Waals surface area contributed by atoms with Gasteiger partial charge >= 0.3 is 0 Å². The van der Waals surface area contributed by atoms with Crippen LogP contribution in [0, 0.1) is 0 Å². The molecule has 1 N–H and O–H groups in total. The summed E-state index contributed by atoms with van der Waals surface area (Å²) in [4.78, 5) is 11.4. The summed E-state index contributed by atoms with van der Waals surface area (Å²) >= 11 is 1.17. The monoisotopic (exact) mass is 260 g/mol. The predicted octanol–water partition coefficient (Wildman–Crippen LogP) is 0.257. The molecule has 1 aliphatic rings. The van der Waals surface area contributed by atoms with E-state index >= 15 is 0 Å². The minimum Gasteiger partial charge on any atom is -0.353 e. The van der Waals surface area contributed by atoms with E-state index in [-0.39, 0.29) is 10.1 Å². The first kappa shape index (κ1) is 11.6. The van der Waals surface area contributed by atoms with Crippen LogP contribution in [0.5, 0.6) is 0 Å². The lowest BCUT2D eigenvalue weighted by Gasteiger charge is -2.31. The van der Waals surface area contributed by atoms with Crippen molar-refractivity contribution in [3.05, 3.63) is 17.5 Å². The van der Waals surface area contributed by atoms with Crippen molar-refractivity contribution >= 4 is 27.3 Å². The van der Waals surface area contributed by atoms with Gasteiger partial charge in [0, 0.05) is 13.1 Å². The number of piperazine rings is 1. The number of carbonyl (C=O) groups is 1. The zero-order chi connectivity index (χ0) is 11.8. The Labute approximate surface area is 98.1 Å². The van der Waals surface area contributed by atoms with Crippen LogP contribution in [0.4, 0.5) is 0 Å². The lowest BCUT2D eigenvalue weighted by Crippen LogP contribution is -2.55. The molecule has 1 amide bonds. The summed E-state index contributed by atoms with van der Waals surface area (Å²) < 4.78 is 25.9. The summed E-state index contributed by atoms with van der Waals surface area (Å²) in [5.74, 6) is -0.244. The van der Waals surface area contributed by atoms with E-state index in [0.29, 0.717) is 13.1 Å². The summed E-state index contributed by atoms with van der Waals surface area (Å²) in [5.41, 5.74) is 0. The number of sulfonamides is 1. The molecular weight excluding hydrogens is 248 g/mol. The molecule has 1 saturated heterocycles. The van der Waals surface area contributed by atoms with Crippen molar-refractivity contribution < 1.29 is 13.2 Å². The van der Waals surface area contributed by atoms with Crippen LogP contribution in [0.3, 0.4) is 0 Å². The second-order valence-electron chi connectivity index (χ2n) is 3.51. The van der Waals surface area contributed by atoms with Crippen molar-refractivity contribution in [2.75, 3.05) is 13.1 Å². The number of nitrogens with zero attached hydrogens (tertiary/aromatic N) is 1. The van der Waals surface area contributed by atoms with Crippen LogP contribution in [-0.2, 0) is 14.8 Å². The minimum absolute atomic E-state index is 0.244. The van der Waals surface area contributed by atoms with Crippen LogP contribution in [0.15, 0.2) is 21.7 Å². The molecular formula is C9H12N2O3S2. The highest BCUT2D eigenvalue weighted by molar-refractivity contribution is 7.91. The van der Waals surface area contributed by atoms with Gasteiger partial charge in [0.1, 0.15) is 10.3 Å². The molecule has 1 aromatic heterocycles. The highest BCUT2D eigenvalue weighted by atomic mass is 32.2. The van der Waals surface area contributed by atoms with Crippen molar-refractivity contribution in [3.63, 3.8) is 0 Å². The minimum atomic E-state index is -3.51. The molecule has 2 rings (SSSR count). The third-order valence-corrected chi connectivity index (χ3v) is 5.84. The van der Waals surface area contributed by atoms with E-state index in [2.05, 4.69) is 5.32 Å². The molecule has 0 aliphatic carbocycles. The fourth-order valence-electron chi connectivity index (χ4n) is 1.62. The van der Waals surface area contributed by atoms with E-state index in [0.717, 1.165) is 0 Å². The molecule has 0 bridgehead atoms. The van der Waals surface area contributed by atoms with Gasteiger partial charge < -0.3 is 5.32 Å². The van der Waals surface area contributed by atoms with Gasteiger partial charge in [0.15, 0.2) is 0 Å². The first-order valence-corrected chi connectivity index (χ1v) is 7.18. The molecule has 7 heteroatoms. The molecule has 1 unspecified atom stereocenters. The van der Waals surface area contributed by atoms with Crippen LogP contribution in [0.1, 0.15) is 6.92 Å². The Kier molecular flexibility index (Phi) is 3.00. The number of hydrogen-bond donors (Lipinski definition) is 1. The van der Waals surface area contributed by atoms with Crippen molar-refractivity contribution in [2.24, 2.45) is 0 Å². The Balaban J connectivity index is 2.34. The van der Waals surface area contributed by atoms with E-state index in [1.807, 2.05) is 0 Å². The van der Waals surface area contributed by atoms with Crippen molar-refractivity contribution in [1.82, 2.24) is 9.62 Å². The van der Waals surface area contributed by atoms with E-state index in [9.17, 15) is 13.2 Å². The van der Waals surface area contributed by atoms with Gasteiger partial charge in [0.05, 0.1) is 0 Å². The van der Waals surface area contributed by atoms with Crippen LogP contribution >= 0.6 is 11.3 Å². The van der Waals surface area contributed by atoms with Crippen LogP contribution in [0.25, 0.3) is 0 Å². The average molecular weight is 260 g/mol. The summed E-state index contributed by atoms with van der Waals surface area (Å²) in [6.07, 6.45) is 0. The van der Waals surface area contributed by atoms with Crippen molar-refractivity contribution in [2.45, 2.75) is 17.2 Å². The zero-order valence-electron chi connectivity index (χ0n) is 8.71. The standard InChI is InChI=1S/C9H12N2O3S2/c1-7-9(12)10-4-5-11(7)16(13,14)8-3-2-6-15-8/h2-3,6-7H,4-5H2,1H3,(H,10,12). The van der Waals surface area contributed by atoms with Gasteiger partial charge in [-0.05, 0) is 18.4 Å². The SMILES string of the molecule is CC1C(=O)NCCN1S(=O)(=O)c1cccs1. The van der Waals surface area contributed by atoms with Crippen LogP contribution in [-0.4, -0.2) is 37.8 Å². The van der Waals surface area contributed by atoms with Gasteiger partial charge in [-0.3, -0.25) is 4.79 Å². The second-order valence-corrected chi connectivity index (χ2v) is 6.58. The molecule has 0 radical (unpaired) electrons. The lowest BCUT2D eigenvalue weighted by molar-refractivity contribution is -0.126. The van der Waals surface area contributed by atoms with Gasteiger partial charge in [0.2, 0.25) is 5.91 Å². The maximum absolute atomic E-state index is 12.2. The summed E-state index contributed by atoms with van der Waals surface area (Å²) in [6, 6.07) is 2.60. The average Bonchev–Trinajstić information content (AvgIpc) is 2.75. The number of thiophene rings is 1. The number of carbonyl (C=O) groups excluding carboxylic acids is 1. The molecule has 2 heterocycles. The van der Waals surface area contributed by atoms with Crippen molar-refractivity contribution in [3.8, 4) is 0 Å². The topological polar surface area (TPSA) is 66.5 Å². The quantitative estimate of drug-likeness (QED) is 0.829. The van der Waals surface area contributed by atoms with Gasteiger partial charge in [-0.15, -0.1) is 11.3 Å². The number of hydrogen-bond acceptors (Lipinski definition) is 4. The molecule has 0 spiro atoms. The molecule has 1 fully saturated rings. The molecule has 0 saturated carbocycles. The fraction of sp³-hybridized carbons (Fsp3) is 0.444. The molecule has 1 aromatic rings. The Morgan fingerprint density at radius 3 is 2.94 bits per heavy atom. The van der Waals surface area contributed by atoms with E-state index in [1.165, 1.54) is 15.6 Å². The van der Waals surface area contributed by atoms with Gasteiger partial charge in [-0.1, -0.05) is 6.07 Å². The fourth-order valence-corrected chi connectivity index (χ4v) is 4.33. The number of nitrogens with one attached hydrogen (secondary N) is 1. The second kappa shape index (κ2) is 4.15. The van der Waals surface area contributed by atoms with Crippen molar-refractivity contribution in [1.29, 1.82) is 0 Å². The smallest absolute Gasteiger partial charge is 0.253 e. The Morgan fingerprint density at radius 2 is 2.31 bits per heavy atom. The third-order valence-electron chi connectivity index (χ3n) is 2.50. The van der Waals surface area contributed by atoms with Gasteiger partial charge in [-0.2, -0.15) is 4.31 Å². The Bertz CT molecular complexity index is 481. The Morgan fingerprint density at radius 1 is 1.56 bits per heavy atom. The molecule has 1 atom stereocenters. The predicted molar refractivity (Wildman–Crippen MR) is 60.7 cm³/mol. The normalized spacial score (nSPS) is 23.1. The van der Waals surface area contributed by atoms with E-state index in [1.54, 1.807) is 24.4 Å². The number of rotatable bonds is 2. The third kappa shape index (κ3) is 1.85. The Hall–Kier alpha value is -0.920. The van der Waals surface area contributed by atoms with Crippen LogP contribution < -0.4 is 5.32 Å². The molecule has 5 nitrogen and oxygen atoms in total. The molecule has 16 heavy (non-hydrogen) atoms. The highest BCUT2D eigenvalue weighted by Gasteiger charge is 2.35. The van der Waals surface area contributed by atoms with E-state index in [4.69, 9.17) is 0 Å². The lowest BCUT2D eigenvalue weighted by atomic mass is 10.2. The van der Waals surface area contributed by atoms with Gasteiger partial charge in [-0.25, -0.2) is 8.42 Å². The molecule has 1 aliphatic heterocycles. The summed E-state index contributed by atoms with van der Waals surface area (Å²) in [7, 11) is -3.51. The van der Waals surface area contributed by atoms with Crippen LogP contribution in [0.2, 0.25) is 0 Å². The first-order chi connectivity index (χ1) is 7.53. The summed E-state index contributed by atoms with van der Waals surface area (Å²) in [6.45, 7) is 2.29.